The van der Waals surface area contributed by atoms with Crippen LogP contribution in [0.2, 0.25) is 0 Å². The highest BCUT2D eigenvalue weighted by Crippen LogP contribution is 2.33. The van der Waals surface area contributed by atoms with Crippen molar-refractivity contribution in [2.75, 3.05) is 0 Å². The summed E-state index contributed by atoms with van der Waals surface area (Å²) in [5.41, 5.74) is 1.92. The molecule has 0 aliphatic carbocycles. The van der Waals surface area contributed by atoms with Crippen LogP contribution in [0.5, 0.6) is 0 Å². The number of esters is 1. The van der Waals surface area contributed by atoms with E-state index < -0.39 is 0 Å². The van der Waals surface area contributed by atoms with Crippen molar-refractivity contribution in [2.24, 2.45) is 5.92 Å². The predicted molar refractivity (Wildman–Crippen MR) is 77.0 cm³/mol. The lowest BCUT2D eigenvalue weighted by atomic mass is 9.94. The van der Waals surface area contributed by atoms with Crippen LogP contribution in [0.15, 0.2) is 40.9 Å². The van der Waals surface area contributed by atoms with E-state index in [1.807, 2.05) is 18.2 Å². The minimum absolute atomic E-state index is 0.101. The molecule has 1 atom stereocenters. The second-order valence-electron chi connectivity index (χ2n) is 5.33. The summed E-state index contributed by atoms with van der Waals surface area (Å²) in [5, 5.41) is 0.658. The summed E-state index contributed by atoms with van der Waals surface area (Å²) in [4.78, 5) is 11.5. The minimum atomic E-state index is -0.247. The van der Waals surface area contributed by atoms with Crippen molar-refractivity contribution >= 4 is 17.6 Å². The monoisotopic (exact) mass is 278 g/mol. The SMILES string of the molecule is CC(C)CC1OC(=O)/C1=C(/Cl)CCc1ccccc1. The Labute approximate surface area is 119 Å². The third kappa shape index (κ3) is 3.60. The lowest BCUT2D eigenvalue weighted by Crippen LogP contribution is -2.38. The fraction of sp³-hybridized carbons (Fsp3) is 0.438. The number of allylic oxidation sites excluding steroid dienone is 1. The predicted octanol–water partition coefficient (Wildman–Crippen LogP) is 4.08. The standard InChI is InChI=1S/C16H19ClO2/c1-11(2)10-14-15(16(18)19-14)13(17)9-8-12-6-4-3-5-7-12/h3-7,11,14H,8-10H2,1-2H3/b15-13+. The maximum atomic E-state index is 11.5. The first kappa shape index (κ1) is 14.1. The van der Waals surface area contributed by atoms with Crippen molar-refractivity contribution in [2.45, 2.75) is 39.2 Å². The lowest BCUT2D eigenvalue weighted by Gasteiger charge is -2.31. The minimum Gasteiger partial charge on any atom is -0.454 e. The van der Waals surface area contributed by atoms with Crippen LogP contribution in [0.3, 0.4) is 0 Å². The highest BCUT2D eigenvalue weighted by atomic mass is 35.5. The molecule has 1 saturated heterocycles. The largest absolute Gasteiger partial charge is 0.454 e. The molecule has 0 N–H and O–H groups in total. The van der Waals surface area contributed by atoms with Crippen LogP contribution < -0.4 is 0 Å². The Hall–Kier alpha value is -1.28. The fourth-order valence-corrected chi connectivity index (χ4v) is 2.53. The molecule has 1 heterocycles. The lowest BCUT2D eigenvalue weighted by molar-refractivity contribution is -0.157. The fourth-order valence-electron chi connectivity index (χ4n) is 2.24. The molecule has 1 aromatic rings. The van der Waals surface area contributed by atoms with Gasteiger partial charge in [-0.25, -0.2) is 4.79 Å². The van der Waals surface area contributed by atoms with Crippen LogP contribution in [0.1, 0.15) is 32.3 Å². The van der Waals surface area contributed by atoms with Crippen LogP contribution >= 0.6 is 11.6 Å². The van der Waals surface area contributed by atoms with E-state index in [4.69, 9.17) is 16.3 Å². The topological polar surface area (TPSA) is 26.3 Å². The van der Waals surface area contributed by atoms with E-state index in [1.54, 1.807) is 0 Å². The van der Waals surface area contributed by atoms with Crippen molar-refractivity contribution in [3.8, 4) is 0 Å². The van der Waals surface area contributed by atoms with Gasteiger partial charge in [-0.15, -0.1) is 0 Å². The number of ether oxygens (including phenoxy) is 1. The van der Waals surface area contributed by atoms with E-state index in [-0.39, 0.29) is 12.1 Å². The van der Waals surface area contributed by atoms with Crippen molar-refractivity contribution in [3.05, 3.63) is 46.5 Å². The second kappa shape index (κ2) is 6.25. The van der Waals surface area contributed by atoms with Gasteiger partial charge in [0.15, 0.2) is 0 Å². The van der Waals surface area contributed by atoms with Crippen LogP contribution in [0.25, 0.3) is 0 Å². The van der Waals surface area contributed by atoms with Gasteiger partial charge in [-0.2, -0.15) is 0 Å². The number of carbonyl (C=O) groups excluding carboxylic acids is 1. The Bertz CT molecular complexity index is 477. The Morgan fingerprint density at radius 1 is 1.32 bits per heavy atom. The zero-order valence-corrected chi connectivity index (χ0v) is 12.1. The average molecular weight is 279 g/mol. The van der Waals surface area contributed by atoms with Gasteiger partial charge in [0, 0.05) is 5.03 Å². The molecule has 0 amide bonds. The maximum Gasteiger partial charge on any atom is 0.339 e. The summed E-state index contributed by atoms with van der Waals surface area (Å²) in [6.45, 7) is 4.23. The zero-order chi connectivity index (χ0) is 13.8. The summed E-state index contributed by atoms with van der Waals surface area (Å²) < 4.78 is 5.15. The third-order valence-electron chi connectivity index (χ3n) is 3.24. The molecule has 102 valence electrons. The molecule has 3 heteroatoms. The van der Waals surface area contributed by atoms with E-state index in [1.165, 1.54) is 5.56 Å². The molecule has 1 aromatic carbocycles. The number of hydrogen-bond acceptors (Lipinski definition) is 2. The third-order valence-corrected chi connectivity index (χ3v) is 3.64. The summed E-state index contributed by atoms with van der Waals surface area (Å²) in [6.07, 6.45) is 2.30. The molecule has 0 bridgehead atoms. The first-order valence-corrected chi connectivity index (χ1v) is 7.09. The van der Waals surface area contributed by atoms with Crippen molar-refractivity contribution in [3.63, 3.8) is 0 Å². The van der Waals surface area contributed by atoms with Crippen LogP contribution in [-0.4, -0.2) is 12.1 Å². The van der Waals surface area contributed by atoms with E-state index in [0.29, 0.717) is 22.9 Å². The Morgan fingerprint density at radius 3 is 2.58 bits per heavy atom. The number of rotatable bonds is 5. The normalized spacial score (nSPS) is 21.1. The molecule has 0 radical (unpaired) electrons. The van der Waals surface area contributed by atoms with Gasteiger partial charge in [-0.3, -0.25) is 0 Å². The molecule has 19 heavy (non-hydrogen) atoms. The van der Waals surface area contributed by atoms with E-state index >= 15 is 0 Å². The molecular formula is C16H19ClO2. The maximum absolute atomic E-state index is 11.5. The Kier molecular flexibility index (Phi) is 4.65. The summed E-state index contributed by atoms with van der Waals surface area (Å²) in [7, 11) is 0. The van der Waals surface area contributed by atoms with Crippen molar-refractivity contribution < 1.29 is 9.53 Å². The van der Waals surface area contributed by atoms with E-state index in [9.17, 15) is 4.79 Å². The number of hydrogen-bond donors (Lipinski definition) is 0. The molecule has 2 nitrogen and oxygen atoms in total. The quantitative estimate of drug-likeness (QED) is 0.599. The highest BCUT2D eigenvalue weighted by Gasteiger charge is 2.38. The summed E-state index contributed by atoms with van der Waals surface area (Å²) in [5.74, 6) is 0.246. The molecule has 0 saturated carbocycles. The van der Waals surface area contributed by atoms with E-state index in [0.717, 1.165) is 12.8 Å². The van der Waals surface area contributed by atoms with Crippen molar-refractivity contribution in [1.29, 1.82) is 0 Å². The van der Waals surface area contributed by atoms with Crippen LogP contribution in [-0.2, 0) is 16.0 Å². The zero-order valence-electron chi connectivity index (χ0n) is 11.4. The highest BCUT2D eigenvalue weighted by molar-refractivity contribution is 6.32. The molecule has 1 aliphatic heterocycles. The van der Waals surface area contributed by atoms with Gasteiger partial charge in [0.2, 0.25) is 0 Å². The number of carbonyl (C=O) groups is 1. The number of aryl methyl sites for hydroxylation is 1. The van der Waals surface area contributed by atoms with Gasteiger partial charge in [0.1, 0.15) is 6.10 Å². The Balaban J connectivity index is 1.98. The van der Waals surface area contributed by atoms with Gasteiger partial charge >= 0.3 is 5.97 Å². The number of halogens is 1. The number of cyclic esters (lactones) is 1. The Morgan fingerprint density at radius 2 is 2.00 bits per heavy atom. The van der Waals surface area contributed by atoms with E-state index in [2.05, 4.69) is 26.0 Å². The van der Waals surface area contributed by atoms with Crippen molar-refractivity contribution in [1.82, 2.24) is 0 Å². The molecule has 1 fully saturated rings. The summed E-state index contributed by atoms with van der Waals surface area (Å²) in [6, 6.07) is 10.1. The summed E-state index contributed by atoms with van der Waals surface area (Å²) >= 11 is 6.28. The van der Waals surface area contributed by atoms with Crippen LogP contribution in [0.4, 0.5) is 0 Å². The molecule has 1 unspecified atom stereocenters. The molecule has 0 aromatic heterocycles. The number of benzene rings is 1. The van der Waals surface area contributed by atoms with Gasteiger partial charge in [0.05, 0.1) is 5.57 Å². The molecule has 1 aliphatic rings. The van der Waals surface area contributed by atoms with Gasteiger partial charge in [0.25, 0.3) is 0 Å². The molecular weight excluding hydrogens is 260 g/mol. The second-order valence-corrected chi connectivity index (χ2v) is 5.78. The smallest absolute Gasteiger partial charge is 0.339 e. The molecule has 0 spiro atoms. The average Bonchev–Trinajstić information content (AvgIpc) is 2.36. The first-order chi connectivity index (χ1) is 9.08. The van der Waals surface area contributed by atoms with Gasteiger partial charge in [-0.1, -0.05) is 55.8 Å². The van der Waals surface area contributed by atoms with Crippen LogP contribution in [0, 0.1) is 5.92 Å². The first-order valence-electron chi connectivity index (χ1n) is 6.71. The van der Waals surface area contributed by atoms with Gasteiger partial charge in [-0.05, 0) is 30.7 Å². The molecule has 2 rings (SSSR count). The van der Waals surface area contributed by atoms with Gasteiger partial charge < -0.3 is 4.74 Å².